The van der Waals surface area contributed by atoms with E-state index in [4.69, 9.17) is 9.15 Å². The molecule has 2 heterocycles. The molecule has 1 aliphatic heterocycles. The summed E-state index contributed by atoms with van der Waals surface area (Å²) in [6.07, 6.45) is 2.34. The molecule has 2 N–H and O–H groups in total. The van der Waals surface area contributed by atoms with E-state index < -0.39 is 42.5 Å². The van der Waals surface area contributed by atoms with Crippen molar-refractivity contribution in [2.75, 3.05) is 13.2 Å². The van der Waals surface area contributed by atoms with Gasteiger partial charge in [-0.25, -0.2) is 4.79 Å². The monoisotopic (exact) mass is 365 g/mol. The van der Waals surface area contributed by atoms with E-state index in [0.717, 1.165) is 4.90 Å². The summed E-state index contributed by atoms with van der Waals surface area (Å²) in [5, 5.41) is 5.23. The standard InChI is InChI=1S/C17H23N3O6/c1-4-17(5-2)15(23)20(16(24)19-17)9-14(22)26-10-13(21)18-11(3)12-7-6-8-25-12/h6-8,11H,4-5,9-10H2,1-3H3,(H,18,21)(H,19,24)/t11-/m1/s1. The molecule has 0 spiro atoms. The van der Waals surface area contributed by atoms with Crippen molar-refractivity contribution in [3.05, 3.63) is 24.2 Å². The predicted molar refractivity (Wildman–Crippen MR) is 89.8 cm³/mol. The number of furan rings is 1. The molecule has 0 bridgehead atoms. The summed E-state index contributed by atoms with van der Waals surface area (Å²) in [6.45, 7) is 4.25. The number of urea groups is 1. The molecule has 4 amide bonds. The molecule has 0 aromatic carbocycles. The topological polar surface area (TPSA) is 118 Å². The van der Waals surface area contributed by atoms with Crippen LogP contribution in [-0.4, -0.2) is 47.4 Å². The Labute approximate surface area is 151 Å². The summed E-state index contributed by atoms with van der Waals surface area (Å²) < 4.78 is 10.0. The Morgan fingerprint density at radius 1 is 1.35 bits per heavy atom. The Morgan fingerprint density at radius 3 is 2.58 bits per heavy atom. The second-order valence-corrected chi connectivity index (χ2v) is 6.08. The van der Waals surface area contributed by atoms with Crippen molar-refractivity contribution in [2.24, 2.45) is 0 Å². The highest BCUT2D eigenvalue weighted by molar-refractivity contribution is 6.08. The Bertz CT molecular complexity index is 681. The van der Waals surface area contributed by atoms with Gasteiger partial charge in [0.15, 0.2) is 6.61 Å². The van der Waals surface area contributed by atoms with Gasteiger partial charge in [0.1, 0.15) is 17.8 Å². The van der Waals surface area contributed by atoms with Crippen molar-refractivity contribution in [1.82, 2.24) is 15.5 Å². The average Bonchev–Trinajstić information content (AvgIpc) is 3.23. The van der Waals surface area contributed by atoms with Crippen molar-refractivity contribution < 1.29 is 28.3 Å². The maximum Gasteiger partial charge on any atom is 0.326 e. The van der Waals surface area contributed by atoms with Gasteiger partial charge in [0.05, 0.1) is 12.3 Å². The number of esters is 1. The molecule has 9 nitrogen and oxygen atoms in total. The van der Waals surface area contributed by atoms with Crippen LogP contribution in [0.15, 0.2) is 22.8 Å². The minimum absolute atomic E-state index is 0.378. The Hall–Kier alpha value is -2.84. The third kappa shape index (κ3) is 4.04. The van der Waals surface area contributed by atoms with Gasteiger partial charge in [-0.3, -0.25) is 19.3 Å². The number of carbonyl (C=O) groups excluding carboxylic acids is 4. The van der Waals surface area contributed by atoms with E-state index in [1.54, 1.807) is 32.9 Å². The number of imide groups is 1. The summed E-state index contributed by atoms with van der Waals surface area (Å²) in [6, 6.07) is 2.40. The maximum atomic E-state index is 12.4. The lowest BCUT2D eigenvalue weighted by Gasteiger charge is -2.22. The predicted octanol–water partition coefficient (Wildman–Crippen LogP) is 1.11. The van der Waals surface area contributed by atoms with E-state index in [2.05, 4.69) is 10.6 Å². The zero-order valence-corrected chi connectivity index (χ0v) is 15.0. The van der Waals surface area contributed by atoms with Gasteiger partial charge in [0.2, 0.25) is 0 Å². The molecule has 26 heavy (non-hydrogen) atoms. The molecule has 0 aliphatic carbocycles. The SMILES string of the molecule is CCC1(CC)NC(=O)N(CC(=O)OCC(=O)N[C@H](C)c2ccco2)C1=O. The Balaban J connectivity index is 1.82. The highest BCUT2D eigenvalue weighted by atomic mass is 16.5. The molecule has 1 aromatic rings. The van der Waals surface area contributed by atoms with Crippen LogP contribution in [0.3, 0.4) is 0 Å². The number of rotatable bonds is 8. The van der Waals surface area contributed by atoms with Crippen LogP contribution in [0.1, 0.15) is 45.4 Å². The van der Waals surface area contributed by atoms with E-state index >= 15 is 0 Å². The molecule has 9 heteroatoms. The van der Waals surface area contributed by atoms with Gasteiger partial charge >= 0.3 is 12.0 Å². The lowest BCUT2D eigenvalue weighted by Crippen LogP contribution is -2.46. The molecule has 1 atom stereocenters. The molecule has 0 unspecified atom stereocenters. The maximum absolute atomic E-state index is 12.4. The van der Waals surface area contributed by atoms with Crippen molar-refractivity contribution in [2.45, 2.75) is 45.2 Å². The quantitative estimate of drug-likeness (QED) is 0.526. The fourth-order valence-corrected chi connectivity index (χ4v) is 2.76. The van der Waals surface area contributed by atoms with Crippen molar-refractivity contribution >= 4 is 23.8 Å². The van der Waals surface area contributed by atoms with E-state index in [1.165, 1.54) is 6.26 Å². The van der Waals surface area contributed by atoms with Crippen LogP contribution in [0.2, 0.25) is 0 Å². The van der Waals surface area contributed by atoms with Gasteiger partial charge in [-0.1, -0.05) is 13.8 Å². The number of nitrogens with zero attached hydrogens (tertiary/aromatic N) is 1. The number of nitrogens with one attached hydrogen (secondary N) is 2. The fourth-order valence-electron chi connectivity index (χ4n) is 2.76. The molecule has 2 rings (SSSR count). The summed E-state index contributed by atoms with van der Waals surface area (Å²) in [5.74, 6) is -1.24. The fraction of sp³-hybridized carbons (Fsp3) is 0.529. The minimum atomic E-state index is -0.979. The first-order valence-corrected chi connectivity index (χ1v) is 8.45. The van der Waals surface area contributed by atoms with Gasteiger partial charge in [-0.2, -0.15) is 0 Å². The van der Waals surface area contributed by atoms with E-state index in [0.29, 0.717) is 18.6 Å². The highest BCUT2D eigenvalue weighted by Gasteiger charge is 2.49. The Morgan fingerprint density at radius 2 is 2.04 bits per heavy atom. The van der Waals surface area contributed by atoms with E-state index in [1.807, 2.05) is 0 Å². The van der Waals surface area contributed by atoms with Crippen LogP contribution in [0.4, 0.5) is 4.79 Å². The molecule has 142 valence electrons. The van der Waals surface area contributed by atoms with Crippen LogP contribution in [0.25, 0.3) is 0 Å². The molecule has 1 aromatic heterocycles. The molecular weight excluding hydrogens is 342 g/mol. The van der Waals surface area contributed by atoms with Gasteiger partial charge in [0.25, 0.3) is 11.8 Å². The first-order valence-electron chi connectivity index (χ1n) is 8.45. The lowest BCUT2D eigenvalue weighted by molar-refractivity contribution is -0.151. The molecule has 0 radical (unpaired) electrons. The van der Waals surface area contributed by atoms with E-state index in [-0.39, 0.29) is 6.04 Å². The number of amides is 4. The highest BCUT2D eigenvalue weighted by Crippen LogP contribution is 2.24. The number of hydrogen-bond acceptors (Lipinski definition) is 6. The van der Waals surface area contributed by atoms with Crippen LogP contribution >= 0.6 is 0 Å². The number of ether oxygens (including phenoxy) is 1. The first-order chi connectivity index (χ1) is 12.3. The van der Waals surface area contributed by atoms with Gasteiger partial charge in [-0.15, -0.1) is 0 Å². The summed E-state index contributed by atoms with van der Waals surface area (Å²) in [4.78, 5) is 48.9. The zero-order valence-electron chi connectivity index (χ0n) is 15.0. The van der Waals surface area contributed by atoms with Crippen LogP contribution < -0.4 is 10.6 Å². The van der Waals surface area contributed by atoms with Gasteiger partial charge in [-0.05, 0) is 31.9 Å². The smallest absolute Gasteiger partial charge is 0.326 e. The minimum Gasteiger partial charge on any atom is -0.467 e. The van der Waals surface area contributed by atoms with Crippen LogP contribution in [-0.2, 0) is 19.1 Å². The third-order valence-electron chi connectivity index (χ3n) is 4.45. The van der Waals surface area contributed by atoms with Gasteiger partial charge in [0, 0.05) is 0 Å². The molecular formula is C17H23N3O6. The van der Waals surface area contributed by atoms with Crippen molar-refractivity contribution in [3.8, 4) is 0 Å². The molecule has 1 saturated heterocycles. The first kappa shape index (κ1) is 19.5. The number of hydrogen-bond donors (Lipinski definition) is 2. The van der Waals surface area contributed by atoms with Crippen molar-refractivity contribution in [1.29, 1.82) is 0 Å². The third-order valence-corrected chi connectivity index (χ3v) is 4.45. The van der Waals surface area contributed by atoms with Crippen LogP contribution in [0.5, 0.6) is 0 Å². The largest absolute Gasteiger partial charge is 0.467 e. The molecule has 1 aliphatic rings. The second kappa shape index (κ2) is 8.03. The zero-order chi connectivity index (χ0) is 19.3. The second-order valence-electron chi connectivity index (χ2n) is 6.08. The van der Waals surface area contributed by atoms with Crippen LogP contribution in [0, 0.1) is 0 Å². The summed E-state index contributed by atoms with van der Waals surface area (Å²) in [7, 11) is 0. The van der Waals surface area contributed by atoms with E-state index in [9.17, 15) is 19.2 Å². The van der Waals surface area contributed by atoms with Gasteiger partial charge < -0.3 is 19.8 Å². The number of carbonyl (C=O) groups is 4. The molecule has 1 fully saturated rings. The van der Waals surface area contributed by atoms with Crippen molar-refractivity contribution in [3.63, 3.8) is 0 Å². The summed E-state index contributed by atoms with van der Waals surface area (Å²) >= 11 is 0. The normalized spacial score (nSPS) is 17.0. The summed E-state index contributed by atoms with van der Waals surface area (Å²) in [5.41, 5.74) is -0.979. The Kier molecular flexibility index (Phi) is 6.01. The lowest BCUT2D eigenvalue weighted by atomic mass is 9.93. The molecule has 0 saturated carbocycles. The average molecular weight is 365 g/mol.